The predicted octanol–water partition coefficient (Wildman–Crippen LogP) is 4.67. The van der Waals surface area contributed by atoms with Gasteiger partial charge in [0.2, 0.25) is 0 Å². The van der Waals surface area contributed by atoms with Crippen molar-refractivity contribution in [1.82, 2.24) is 19.2 Å². The molecule has 5 aromatic rings. The van der Waals surface area contributed by atoms with Gasteiger partial charge in [0, 0.05) is 28.7 Å². The van der Waals surface area contributed by atoms with E-state index in [0.717, 1.165) is 28.3 Å². The summed E-state index contributed by atoms with van der Waals surface area (Å²) in [6.45, 7) is 1.93. The van der Waals surface area contributed by atoms with Crippen molar-refractivity contribution in [3.8, 4) is 22.6 Å². The van der Waals surface area contributed by atoms with Crippen molar-refractivity contribution in [3.05, 3.63) is 88.1 Å². The summed E-state index contributed by atoms with van der Waals surface area (Å²) >= 11 is 6.18. The van der Waals surface area contributed by atoms with Gasteiger partial charge in [-0.25, -0.2) is 9.50 Å². The zero-order valence-electron chi connectivity index (χ0n) is 16.3. The summed E-state index contributed by atoms with van der Waals surface area (Å²) in [5.74, 6) is 0.733. The molecule has 0 saturated heterocycles. The van der Waals surface area contributed by atoms with Gasteiger partial charge in [0.1, 0.15) is 5.75 Å². The average Bonchev–Trinajstić information content (AvgIpc) is 3.10. The van der Waals surface area contributed by atoms with E-state index in [0.29, 0.717) is 21.6 Å². The number of aromatic nitrogens is 4. The Labute approximate surface area is 176 Å². The topological polar surface area (TPSA) is 61.4 Å². The number of methoxy groups -OCH3 is 1. The van der Waals surface area contributed by atoms with E-state index in [2.05, 4.69) is 10.1 Å². The SMILES string of the molecule is COc1ccc(-n2ccc3c(cnc4c(-c5cccc(Cl)c5)c(C)nn43)c2=O)cc1. The summed E-state index contributed by atoms with van der Waals surface area (Å²) < 4.78 is 8.50. The minimum atomic E-state index is -0.162. The second kappa shape index (κ2) is 7.00. The van der Waals surface area contributed by atoms with Gasteiger partial charge in [-0.3, -0.25) is 9.36 Å². The summed E-state index contributed by atoms with van der Waals surface area (Å²) in [6, 6.07) is 16.8. The Hall–Kier alpha value is -3.64. The molecular formula is C23H17ClN4O2. The molecule has 0 saturated carbocycles. The summed E-state index contributed by atoms with van der Waals surface area (Å²) in [6.07, 6.45) is 3.37. The van der Waals surface area contributed by atoms with Crippen molar-refractivity contribution in [2.75, 3.05) is 7.11 Å². The molecule has 7 heteroatoms. The van der Waals surface area contributed by atoms with Gasteiger partial charge in [0.25, 0.3) is 5.56 Å². The van der Waals surface area contributed by atoms with E-state index in [1.165, 1.54) is 0 Å². The molecule has 0 unspecified atom stereocenters. The first-order valence-corrected chi connectivity index (χ1v) is 9.74. The first-order chi connectivity index (χ1) is 14.6. The van der Waals surface area contributed by atoms with Gasteiger partial charge < -0.3 is 4.74 Å². The number of rotatable bonds is 3. The fourth-order valence-corrected chi connectivity index (χ4v) is 3.89. The van der Waals surface area contributed by atoms with Crippen LogP contribution in [0.5, 0.6) is 5.75 Å². The van der Waals surface area contributed by atoms with Crippen molar-refractivity contribution >= 4 is 28.2 Å². The van der Waals surface area contributed by atoms with Crippen molar-refractivity contribution in [3.63, 3.8) is 0 Å². The van der Waals surface area contributed by atoms with Crippen LogP contribution < -0.4 is 10.3 Å². The molecule has 3 aromatic heterocycles. The van der Waals surface area contributed by atoms with Crippen LogP contribution in [0.1, 0.15) is 5.69 Å². The summed E-state index contributed by atoms with van der Waals surface area (Å²) in [5.41, 5.74) is 4.63. The lowest BCUT2D eigenvalue weighted by atomic mass is 10.1. The zero-order chi connectivity index (χ0) is 20.8. The molecule has 3 heterocycles. The van der Waals surface area contributed by atoms with E-state index in [1.807, 2.05) is 61.5 Å². The maximum absolute atomic E-state index is 13.2. The lowest BCUT2D eigenvalue weighted by Crippen LogP contribution is -2.18. The van der Waals surface area contributed by atoms with Gasteiger partial charge >= 0.3 is 0 Å². The molecule has 0 fully saturated rings. The highest BCUT2D eigenvalue weighted by molar-refractivity contribution is 6.30. The maximum atomic E-state index is 13.2. The van der Waals surface area contributed by atoms with Crippen LogP contribution in [0.2, 0.25) is 5.02 Å². The monoisotopic (exact) mass is 416 g/mol. The Morgan fingerprint density at radius 1 is 1.07 bits per heavy atom. The Kier molecular flexibility index (Phi) is 4.29. The van der Waals surface area contributed by atoms with Gasteiger partial charge in [0.05, 0.1) is 23.7 Å². The van der Waals surface area contributed by atoms with Crippen LogP contribution in [0, 0.1) is 6.92 Å². The Balaban J connectivity index is 1.72. The standard InChI is InChI=1S/C23H17ClN4O2/c1-14-21(15-4-3-5-16(24)12-15)22-25-13-19-20(28(22)26-14)10-11-27(23(19)29)17-6-8-18(30-2)9-7-17/h3-13H,1-2H3. The Morgan fingerprint density at radius 2 is 1.87 bits per heavy atom. The fraction of sp³-hybridized carbons (Fsp3) is 0.0870. The quantitative estimate of drug-likeness (QED) is 0.428. The van der Waals surface area contributed by atoms with E-state index in [9.17, 15) is 4.79 Å². The van der Waals surface area contributed by atoms with E-state index in [4.69, 9.17) is 16.3 Å². The number of benzene rings is 2. The van der Waals surface area contributed by atoms with Crippen molar-refractivity contribution in [2.24, 2.45) is 0 Å². The predicted molar refractivity (Wildman–Crippen MR) is 118 cm³/mol. The van der Waals surface area contributed by atoms with Crippen molar-refractivity contribution < 1.29 is 4.74 Å². The highest BCUT2D eigenvalue weighted by Gasteiger charge is 2.16. The first kappa shape index (κ1) is 18.4. The van der Waals surface area contributed by atoms with Gasteiger partial charge in [-0.15, -0.1) is 0 Å². The number of pyridine rings is 1. The third-order valence-corrected chi connectivity index (χ3v) is 5.39. The molecule has 0 aliphatic heterocycles. The van der Waals surface area contributed by atoms with Crippen molar-refractivity contribution in [2.45, 2.75) is 6.92 Å². The molecule has 0 radical (unpaired) electrons. The molecule has 6 nitrogen and oxygen atoms in total. The Bertz CT molecular complexity index is 1470. The average molecular weight is 417 g/mol. The van der Waals surface area contributed by atoms with E-state index >= 15 is 0 Å². The van der Waals surface area contributed by atoms with Crippen LogP contribution in [0.25, 0.3) is 33.4 Å². The normalized spacial score (nSPS) is 11.3. The minimum absolute atomic E-state index is 0.162. The number of hydrogen-bond acceptors (Lipinski definition) is 4. The highest BCUT2D eigenvalue weighted by atomic mass is 35.5. The van der Waals surface area contributed by atoms with Crippen LogP contribution in [-0.4, -0.2) is 26.3 Å². The summed E-state index contributed by atoms with van der Waals surface area (Å²) in [7, 11) is 1.61. The van der Waals surface area contributed by atoms with E-state index in [-0.39, 0.29) is 5.56 Å². The number of halogens is 1. The molecule has 0 atom stereocenters. The van der Waals surface area contributed by atoms with Gasteiger partial charge in [0.15, 0.2) is 5.65 Å². The highest BCUT2D eigenvalue weighted by Crippen LogP contribution is 2.30. The minimum Gasteiger partial charge on any atom is -0.497 e. The molecule has 30 heavy (non-hydrogen) atoms. The second-order valence-electron chi connectivity index (χ2n) is 6.95. The van der Waals surface area contributed by atoms with Crippen LogP contribution in [-0.2, 0) is 0 Å². The molecule has 2 aromatic carbocycles. The molecule has 0 spiro atoms. The van der Waals surface area contributed by atoms with Crippen LogP contribution in [0.15, 0.2) is 71.8 Å². The summed E-state index contributed by atoms with van der Waals surface area (Å²) in [4.78, 5) is 17.7. The maximum Gasteiger partial charge on any atom is 0.266 e. The molecule has 0 bridgehead atoms. The molecule has 0 aliphatic rings. The van der Waals surface area contributed by atoms with Crippen molar-refractivity contribution in [1.29, 1.82) is 0 Å². The van der Waals surface area contributed by atoms with E-state index in [1.54, 1.807) is 28.6 Å². The Morgan fingerprint density at radius 3 is 2.60 bits per heavy atom. The number of ether oxygens (including phenoxy) is 1. The molecule has 148 valence electrons. The molecular weight excluding hydrogens is 400 g/mol. The first-order valence-electron chi connectivity index (χ1n) is 9.37. The lowest BCUT2D eigenvalue weighted by Gasteiger charge is -2.09. The number of nitrogens with zero attached hydrogens (tertiary/aromatic N) is 4. The third-order valence-electron chi connectivity index (χ3n) is 5.15. The van der Waals surface area contributed by atoms with Gasteiger partial charge in [-0.05, 0) is 55.0 Å². The van der Waals surface area contributed by atoms with Crippen LogP contribution in [0.3, 0.4) is 0 Å². The lowest BCUT2D eigenvalue weighted by molar-refractivity contribution is 0.414. The molecule has 5 rings (SSSR count). The number of aryl methyl sites for hydroxylation is 1. The second-order valence-corrected chi connectivity index (χ2v) is 7.39. The van der Waals surface area contributed by atoms with E-state index < -0.39 is 0 Å². The largest absolute Gasteiger partial charge is 0.497 e. The zero-order valence-corrected chi connectivity index (χ0v) is 17.1. The third kappa shape index (κ3) is 2.84. The smallest absolute Gasteiger partial charge is 0.266 e. The molecule has 0 N–H and O–H groups in total. The van der Waals surface area contributed by atoms with Gasteiger partial charge in [-0.1, -0.05) is 23.7 Å². The molecule has 0 aliphatic carbocycles. The summed E-state index contributed by atoms with van der Waals surface area (Å²) in [5, 5.41) is 5.79. The fourth-order valence-electron chi connectivity index (χ4n) is 3.70. The number of hydrogen-bond donors (Lipinski definition) is 0. The number of fused-ring (bicyclic) bond motifs is 3. The van der Waals surface area contributed by atoms with Crippen LogP contribution in [0.4, 0.5) is 0 Å². The van der Waals surface area contributed by atoms with Crippen LogP contribution >= 0.6 is 11.6 Å². The molecule has 0 amide bonds. The van der Waals surface area contributed by atoms with Gasteiger partial charge in [-0.2, -0.15) is 5.10 Å².